The highest BCUT2D eigenvalue weighted by Gasteiger charge is 2.32. The van der Waals surface area contributed by atoms with Gasteiger partial charge in [-0.05, 0) is 43.7 Å². The molecule has 0 atom stereocenters. The van der Waals surface area contributed by atoms with Crippen LogP contribution >= 0.6 is 0 Å². The van der Waals surface area contributed by atoms with E-state index in [0.29, 0.717) is 37.1 Å². The maximum absolute atomic E-state index is 13.2. The lowest BCUT2D eigenvalue weighted by Gasteiger charge is -2.37. The monoisotopic (exact) mass is 465 g/mol. The van der Waals surface area contributed by atoms with Crippen molar-refractivity contribution >= 4 is 23.0 Å². The first-order chi connectivity index (χ1) is 16.5. The van der Waals surface area contributed by atoms with E-state index in [4.69, 9.17) is 4.74 Å². The third kappa shape index (κ3) is 4.24. The number of rotatable bonds is 5. The van der Waals surface area contributed by atoms with Crippen molar-refractivity contribution in [3.8, 4) is 5.88 Å². The molecular weight excluding hydrogens is 434 g/mol. The van der Waals surface area contributed by atoms with Crippen molar-refractivity contribution < 1.29 is 9.53 Å². The van der Waals surface area contributed by atoms with Gasteiger partial charge in [0.25, 0.3) is 0 Å². The van der Waals surface area contributed by atoms with Gasteiger partial charge in [0.05, 0.1) is 12.6 Å². The van der Waals surface area contributed by atoms with E-state index in [9.17, 15) is 9.59 Å². The Bertz CT molecular complexity index is 1210. The fraction of sp³-hybridized carbons (Fsp3) is 0.542. The van der Waals surface area contributed by atoms with Crippen molar-refractivity contribution in [2.24, 2.45) is 18.9 Å². The number of carbonyl (C=O) groups is 1. The number of hydrogen-bond acceptors (Lipinski definition) is 7. The number of carbonyl (C=O) groups excluding carboxylic acids is 1. The Morgan fingerprint density at radius 2 is 1.76 bits per heavy atom. The quantitative estimate of drug-likeness (QED) is 0.565. The van der Waals surface area contributed by atoms with Crippen LogP contribution in [0.25, 0.3) is 11.2 Å². The van der Waals surface area contributed by atoms with Crippen molar-refractivity contribution in [2.45, 2.75) is 32.2 Å². The predicted octanol–water partition coefficient (Wildman–Crippen LogP) is 1.69. The molecule has 0 aromatic carbocycles. The molecule has 1 amide bonds. The van der Waals surface area contributed by atoms with Crippen molar-refractivity contribution in [1.82, 2.24) is 29.0 Å². The van der Waals surface area contributed by atoms with Gasteiger partial charge in [0.2, 0.25) is 17.7 Å². The fourth-order valence-corrected chi connectivity index (χ4v) is 5.23. The molecule has 3 aromatic heterocycles. The first-order valence-electron chi connectivity index (χ1n) is 12.0. The van der Waals surface area contributed by atoms with E-state index >= 15 is 0 Å². The van der Waals surface area contributed by atoms with Crippen LogP contribution in [0.1, 0.15) is 25.7 Å². The summed E-state index contributed by atoms with van der Waals surface area (Å²) in [5.41, 5.74) is 1.40. The molecule has 4 heterocycles. The number of hydrogen-bond donors (Lipinski definition) is 0. The number of ether oxygens (including phenoxy) is 1. The summed E-state index contributed by atoms with van der Waals surface area (Å²) >= 11 is 0. The molecule has 3 aromatic rings. The van der Waals surface area contributed by atoms with Gasteiger partial charge in [0.1, 0.15) is 0 Å². The molecule has 1 aliphatic carbocycles. The van der Waals surface area contributed by atoms with E-state index < -0.39 is 0 Å². The second-order valence-corrected chi connectivity index (χ2v) is 9.23. The minimum Gasteiger partial charge on any atom is -0.481 e. The molecule has 1 saturated heterocycles. The summed E-state index contributed by atoms with van der Waals surface area (Å²) in [5.74, 6) is 1.91. The third-order valence-corrected chi connectivity index (χ3v) is 7.24. The molecule has 1 saturated carbocycles. The number of nitrogens with zero attached hydrogens (tertiary/aromatic N) is 7. The van der Waals surface area contributed by atoms with Gasteiger partial charge in [-0.1, -0.05) is 0 Å². The highest BCUT2D eigenvalue weighted by atomic mass is 16.5. The molecule has 2 fully saturated rings. The molecule has 0 bridgehead atoms. The third-order valence-electron chi connectivity index (χ3n) is 7.24. The highest BCUT2D eigenvalue weighted by Crippen LogP contribution is 2.32. The average molecular weight is 466 g/mol. The van der Waals surface area contributed by atoms with Gasteiger partial charge in [-0.15, -0.1) is 0 Å². The van der Waals surface area contributed by atoms with Crippen LogP contribution in [0.2, 0.25) is 0 Å². The van der Waals surface area contributed by atoms with Gasteiger partial charge in [-0.25, -0.2) is 14.8 Å². The fourth-order valence-electron chi connectivity index (χ4n) is 5.23. The Morgan fingerprint density at radius 1 is 1.06 bits per heavy atom. The molecule has 2 aliphatic rings. The molecular formula is C24H31N7O3. The van der Waals surface area contributed by atoms with E-state index in [2.05, 4.69) is 19.9 Å². The van der Waals surface area contributed by atoms with Crippen LogP contribution < -0.4 is 15.3 Å². The number of methoxy groups -OCH3 is 1. The Kier molecular flexibility index (Phi) is 6.21. The Labute approximate surface area is 198 Å². The molecule has 0 spiro atoms. The second kappa shape index (κ2) is 9.44. The molecule has 34 heavy (non-hydrogen) atoms. The summed E-state index contributed by atoms with van der Waals surface area (Å²) in [5, 5.41) is 0. The number of aromatic nitrogens is 5. The van der Waals surface area contributed by atoms with Gasteiger partial charge in [-0.2, -0.15) is 4.98 Å². The normalized spacial score (nSPS) is 21.1. The number of fused-ring (bicyclic) bond motifs is 1. The van der Waals surface area contributed by atoms with Crippen LogP contribution in [0.5, 0.6) is 5.88 Å². The SMILES string of the molecule is COc1ccc2c(n1)n(CC1CCC(C(=O)N3CCN(c4ncccn4)CC3)CC1)c(=O)n2C. The first kappa shape index (κ1) is 22.4. The predicted molar refractivity (Wildman–Crippen MR) is 128 cm³/mol. The maximum atomic E-state index is 13.2. The summed E-state index contributed by atoms with van der Waals surface area (Å²) < 4.78 is 8.65. The van der Waals surface area contributed by atoms with E-state index in [-0.39, 0.29) is 17.5 Å². The molecule has 5 rings (SSSR count). The van der Waals surface area contributed by atoms with Gasteiger partial charge < -0.3 is 14.5 Å². The number of amides is 1. The van der Waals surface area contributed by atoms with Gasteiger partial charge in [0, 0.05) is 64.1 Å². The average Bonchev–Trinajstić information content (AvgIpc) is 3.13. The van der Waals surface area contributed by atoms with Crippen molar-refractivity contribution in [3.05, 3.63) is 41.1 Å². The van der Waals surface area contributed by atoms with Crippen LogP contribution in [0.4, 0.5) is 5.95 Å². The summed E-state index contributed by atoms with van der Waals surface area (Å²) in [6.45, 7) is 3.54. The summed E-state index contributed by atoms with van der Waals surface area (Å²) in [6.07, 6.45) is 7.08. The molecule has 180 valence electrons. The summed E-state index contributed by atoms with van der Waals surface area (Å²) in [7, 11) is 3.35. The van der Waals surface area contributed by atoms with E-state index in [0.717, 1.165) is 50.2 Å². The van der Waals surface area contributed by atoms with E-state index in [1.165, 1.54) is 0 Å². The summed E-state index contributed by atoms with van der Waals surface area (Å²) in [4.78, 5) is 43.3. The lowest BCUT2D eigenvalue weighted by atomic mass is 9.81. The zero-order chi connectivity index (χ0) is 23.7. The number of anilines is 1. The number of aryl methyl sites for hydroxylation is 1. The zero-order valence-electron chi connectivity index (χ0n) is 19.8. The van der Waals surface area contributed by atoms with E-state index in [1.54, 1.807) is 41.8 Å². The molecule has 10 heteroatoms. The number of imidazole rings is 1. The van der Waals surface area contributed by atoms with Crippen LogP contribution in [0.3, 0.4) is 0 Å². The smallest absolute Gasteiger partial charge is 0.330 e. The van der Waals surface area contributed by atoms with Crippen LogP contribution in [0.15, 0.2) is 35.4 Å². The molecule has 10 nitrogen and oxygen atoms in total. The Morgan fingerprint density at radius 3 is 2.44 bits per heavy atom. The van der Waals surface area contributed by atoms with Crippen molar-refractivity contribution in [3.63, 3.8) is 0 Å². The number of pyridine rings is 1. The molecule has 0 unspecified atom stereocenters. The van der Waals surface area contributed by atoms with Gasteiger partial charge in [0.15, 0.2) is 5.65 Å². The second-order valence-electron chi connectivity index (χ2n) is 9.23. The highest BCUT2D eigenvalue weighted by molar-refractivity contribution is 5.79. The minimum atomic E-state index is -0.0609. The van der Waals surface area contributed by atoms with Crippen molar-refractivity contribution in [1.29, 1.82) is 0 Å². The molecule has 0 radical (unpaired) electrons. The van der Waals surface area contributed by atoms with E-state index in [1.807, 2.05) is 17.0 Å². The maximum Gasteiger partial charge on any atom is 0.330 e. The largest absolute Gasteiger partial charge is 0.481 e. The van der Waals surface area contributed by atoms with Crippen LogP contribution in [-0.2, 0) is 18.4 Å². The lowest BCUT2D eigenvalue weighted by Crippen LogP contribution is -2.51. The lowest BCUT2D eigenvalue weighted by molar-refractivity contribution is -0.137. The Balaban J connectivity index is 1.18. The number of piperazine rings is 1. The first-order valence-corrected chi connectivity index (χ1v) is 12.0. The van der Waals surface area contributed by atoms with Gasteiger partial charge >= 0.3 is 5.69 Å². The van der Waals surface area contributed by atoms with Crippen LogP contribution in [-0.4, -0.2) is 68.2 Å². The standard InChI is InChI=1S/C24H31N7O3/c1-28-19-8-9-20(34-2)27-21(19)31(24(28)33)16-17-4-6-18(7-5-17)22(32)29-12-14-30(15-13-29)23-25-10-3-11-26-23/h3,8-11,17-18H,4-7,12-16H2,1-2H3. The zero-order valence-corrected chi connectivity index (χ0v) is 19.8. The van der Waals surface area contributed by atoms with Crippen LogP contribution in [0, 0.1) is 11.8 Å². The van der Waals surface area contributed by atoms with Crippen molar-refractivity contribution in [2.75, 3.05) is 38.2 Å². The minimum absolute atomic E-state index is 0.0609. The summed E-state index contributed by atoms with van der Waals surface area (Å²) in [6, 6.07) is 5.46. The van der Waals surface area contributed by atoms with Gasteiger partial charge in [-0.3, -0.25) is 13.9 Å². The molecule has 0 N–H and O–H groups in total. The topological polar surface area (TPSA) is 98.4 Å². The molecule has 1 aliphatic heterocycles. The Hall–Kier alpha value is -3.43.